The maximum Gasteiger partial charge on any atom is 0.255 e. The first-order valence-electron chi connectivity index (χ1n) is 10.7. The van der Waals surface area contributed by atoms with Gasteiger partial charge in [0, 0.05) is 11.1 Å². The fourth-order valence-corrected chi connectivity index (χ4v) is 3.10. The van der Waals surface area contributed by atoms with Gasteiger partial charge in [-0.25, -0.2) is 0 Å². The summed E-state index contributed by atoms with van der Waals surface area (Å²) in [5.41, 5.74) is 0.664. The topological polar surface area (TPSA) is 96.5 Å². The summed E-state index contributed by atoms with van der Waals surface area (Å²) in [5.74, 6) is -0.435. The number of ether oxygens (including phenoxy) is 1. The van der Waals surface area contributed by atoms with Crippen molar-refractivity contribution in [2.45, 2.75) is 52.6 Å². The standard InChI is InChI=1S/C25H33N3O4/c1-7-16(2)21(24(31)28-25(3,4)5)27-23(30)19-10-8-9-11-20(19)26-22(29)17-12-14-18(32-6)15-13-17/h8-16,21H,7H2,1-6H3,(H,26,29)(H,27,30)(H,28,31)/t16-,21-/m1/s1. The van der Waals surface area contributed by atoms with Crippen LogP contribution in [0, 0.1) is 5.92 Å². The molecule has 2 aromatic rings. The Kier molecular flexibility index (Phi) is 8.41. The van der Waals surface area contributed by atoms with E-state index in [0.717, 1.165) is 6.42 Å². The van der Waals surface area contributed by atoms with Gasteiger partial charge in [-0.15, -0.1) is 0 Å². The summed E-state index contributed by atoms with van der Waals surface area (Å²) in [6.45, 7) is 9.57. The van der Waals surface area contributed by atoms with Crippen LogP contribution in [-0.4, -0.2) is 36.4 Å². The zero-order valence-corrected chi connectivity index (χ0v) is 19.6. The number of benzene rings is 2. The lowest BCUT2D eigenvalue weighted by molar-refractivity contribution is -0.125. The van der Waals surface area contributed by atoms with Crippen molar-refractivity contribution in [1.82, 2.24) is 10.6 Å². The van der Waals surface area contributed by atoms with Gasteiger partial charge in [0.2, 0.25) is 5.91 Å². The number of hydrogen-bond acceptors (Lipinski definition) is 4. The summed E-state index contributed by atoms with van der Waals surface area (Å²) in [7, 11) is 1.55. The van der Waals surface area contributed by atoms with Crippen molar-refractivity contribution in [1.29, 1.82) is 0 Å². The number of carbonyl (C=O) groups excluding carboxylic acids is 3. The maximum absolute atomic E-state index is 13.1. The van der Waals surface area contributed by atoms with E-state index in [1.54, 1.807) is 55.6 Å². The fraction of sp³-hybridized carbons (Fsp3) is 0.400. The highest BCUT2D eigenvalue weighted by Crippen LogP contribution is 2.19. The van der Waals surface area contributed by atoms with Crippen LogP contribution >= 0.6 is 0 Å². The molecule has 32 heavy (non-hydrogen) atoms. The van der Waals surface area contributed by atoms with E-state index in [2.05, 4.69) is 16.0 Å². The zero-order chi connectivity index (χ0) is 23.9. The molecule has 0 saturated carbocycles. The number of nitrogens with one attached hydrogen (secondary N) is 3. The highest BCUT2D eigenvalue weighted by atomic mass is 16.5. The average molecular weight is 440 g/mol. The first-order valence-corrected chi connectivity index (χ1v) is 10.7. The molecule has 2 rings (SSSR count). The van der Waals surface area contributed by atoms with Crippen LogP contribution in [0.15, 0.2) is 48.5 Å². The molecule has 0 aromatic heterocycles. The zero-order valence-electron chi connectivity index (χ0n) is 19.6. The number of para-hydroxylation sites is 1. The van der Waals surface area contributed by atoms with Crippen LogP contribution in [0.1, 0.15) is 61.8 Å². The second kappa shape index (κ2) is 10.8. The summed E-state index contributed by atoms with van der Waals surface area (Å²) in [5, 5.41) is 8.58. The highest BCUT2D eigenvalue weighted by molar-refractivity contribution is 6.09. The molecule has 0 heterocycles. The number of carbonyl (C=O) groups is 3. The number of hydrogen-bond donors (Lipinski definition) is 3. The van der Waals surface area contributed by atoms with Gasteiger partial charge in [0.25, 0.3) is 11.8 Å². The van der Waals surface area contributed by atoms with Crippen molar-refractivity contribution in [2.24, 2.45) is 5.92 Å². The predicted molar refractivity (Wildman–Crippen MR) is 126 cm³/mol. The minimum Gasteiger partial charge on any atom is -0.497 e. The van der Waals surface area contributed by atoms with E-state index in [-0.39, 0.29) is 23.3 Å². The molecule has 0 unspecified atom stereocenters. The summed E-state index contributed by atoms with van der Waals surface area (Å²) in [4.78, 5) is 38.6. The van der Waals surface area contributed by atoms with Crippen molar-refractivity contribution in [3.63, 3.8) is 0 Å². The molecule has 2 atom stereocenters. The molecule has 0 bridgehead atoms. The van der Waals surface area contributed by atoms with Crippen molar-refractivity contribution < 1.29 is 19.1 Å². The molecule has 0 spiro atoms. The third-order valence-electron chi connectivity index (χ3n) is 5.05. The lowest BCUT2D eigenvalue weighted by Crippen LogP contribution is -2.54. The van der Waals surface area contributed by atoms with E-state index in [4.69, 9.17) is 4.74 Å². The van der Waals surface area contributed by atoms with E-state index in [1.807, 2.05) is 34.6 Å². The Labute approximate surface area is 189 Å². The van der Waals surface area contributed by atoms with Crippen molar-refractivity contribution in [3.05, 3.63) is 59.7 Å². The number of anilines is 1. The average Bonchev–Trinajstić information content (AvgIpc) is 2.75. The van der Waals surface area contributed by atoms with Crippen LogP contribution in [0.25, 0.3) is 0 Å². The van der Waals surface area contributed by atoms with Gasteiger partial charge in [-0.2, -0.15) is 0 Å². The molecule has 0 aliphatic heterocycles. The second-order valence-corrected chi connectivity index (χ2v) is 8.80. The monoisotopic (exact) mass is 439 g/mol. The molecule has 7 nitrogen and oxygen atoms in total. The Balaban J connectivity index is 2.22. The Bertz CT molecular complexity index is 948. The quantitative estimate of drug-likeness (QED) is 0.579. The molecule has 3 N–H and O–H groups in total. The lowest BCUT2D eigenvalue weighted by atomic mass is 9.96. The largest absolute Gasteiger partial charge is 0.497 e. The van der Waals surface area contributed by atoms with Gasteiger partial charge in [0.1, 0.15) is 11.8 Å². The second-order valence-electron chi connectivity index (χ2n) is 8.80. The molecular formula is C25H33N3O4. The maximum atomic E-state index is 13.1. The van der Waals surface area contributed by atoms with Gasteiger partial charge in [-0.05, 0) is 63.1 Å². The van der Waals surface area contributed by atoms with Gasteiger partial charge >= 0.3 is 0 Å². The molecule has 0 radical (unpaired) electrons. The number of rotatable bonds is 8. The first kappa shape index (κ1) is 24.9. The normalized spacial score (nSPS) is 12.9. The predicted octanol–water partition coefficient (Wildman–Crippen LogP) is 4.01. The summed E-state index contributed by atoms with van der Waals surface area (Å²) in [6.07, 6.45) is 0.721. The third kappa shape index (κ3) is 6.83. The minimum atomic E-state index is -0.697. The fourth-order valence-electron chi connectivity index (χ4n) is 3.10. The first-order chi connectivity index (χ1) is 15.1. The Morgan fingerprint density at radius 3 is 2.16 bits per heavy atom. The molecule has 172 valence electrons. The van der Waals surface area contributed by atoms with Crippen molar-refractivity contribution in [3.8, 4) is 5.75 Å². The summed E-state index contributed by atoms with van der Waals surface area (Å²) in [6, 6.07) is 12.7. The minimum absolute atomic E-state index is 0.0673. The Morgan fingerprint density at radius 1 is 0.969 bits per heavy atom. The summed E-state index contributed by atoms with van der Waals surface area (Å²) < 4.78 is 5.12. The van der Waals surface area contributed by atoms with E-state index in [0.29, 0.717) is 17.0 Å². The van der Waals surface area contributed by atoms with E-state index >= 15 is 0 Å². The van der Waals surface area contributed by atoms with Gasteiger partial charge in [-0.3, -0.25) is 14.4 Å². The molecular weight excluding hydrogens is 406 g/mol. The molecule has 0 aliphatic carbocycles. The third-order valence-corrected chi connectivity index (χ3v) is 5.05. The van der Waals surface area contributed by atoms with Gasteiger partial charge in [0.05, 0.1) is 18.4 Å². The Hall–Kier alpha value is -3.35. The SMILES string of the molecule is CC[C@@H](C)[C@@H](NC(=O)c1ccccc1NC(=O)c1ccc(OC)cc1)C(=O)NC(C)(C)C. The highest BCUT2D eigenvalue weighted by Gasteiger charge is 2.29. The smallest absolute Gasteiger partial charge is 0.255 e. The van der Waals surface area contributed by atoms with E-state index in [1.165, 1.54) is 0 Å². The van der Waals surface area contributed by atoms with E-state index < -0.39 is 17.5 Å². The molecule has 2 aromatic carbocycles. The van der Waals surface area contributed by atoms with Crippen LogP contribution in [-0.2, 0) is 4.79 Å². The van der Waals surface area contributed by atoms with E-state index in [9.17, 15) is 14.4 Å². The molecule has 0 fully saturated rings. The molecule has 7 heteroatoms. The van der Waals surface area contributed by atoms with Crippen LogP contribution in [0.5, 0.6) is 5.75 Å². The number of methoxy groups -OCH3 is 1. The molecule has 0 saturated heterocycles. The van der Waals surface area contributed by atoms with Crippen LogP contribution in [0.2, 0.25) is 0 Å². The summed E-state index contributed by atoms with van der Waals surface area (Å²) >= 11 is 0. The van der Waals surface area contributed by atoms with Crippen molar-refractivity contribution >= 4 is 23.4 Å². The lowest BCUT2D eigenvalue weighted by Gasteiger charge is -2.28. The van der Waals surface area contributed by atoms with Crippen LogP contribution in [0.4, 0.5) is 5.69 Å². The molecule has 3 amide bonds. The molecule has 0 aliphatic rings. The Morgan fingerprint density at radius 2 is 1.59 bits per heavy atom. The number of amides is 3. The van der Waals surface area contributed by atoms with Gasteiger partial charge in [0.15, 0.2) is 0 Å². The van der Waals surface area contributed by atoms with Gasteiger partial charge < -0.3 is 20.7 Å². The van der Waals surface area contributed by atoms with Crippen LogP contribution in [0.3, 0.4) is 0 Å². The van der Waals surface area contributed by atoms with Crippen LogP contribution < -0.4 is 20.7 Å². The van der Waals surface area contributed by atoms with Crippen molar-refractivity contribution in [2.75, 3.05) is 12.4 Å². The van der Waals surface area contributed by atoms with Gasteiger partial charge in [-0.1, -0.05) is 32.4 Å².